The molecule has 1 aromatic heterocycles. The van der Waals surface area contributed by atoms with Gasteiger partial charge in [0.25, 0.3) is 0 Å². The quantitative estimate of drug-likeness (QED) is 0.606. The number of methoxy groups -OCH3 is 1. The highest BCUT2D eigenvalue weighted by Gasteiger charge is 2.35. The topological polar surface area (TPSA) is 85.2 Å². The molecule has 1 aliphatic rings. The van der Waals surface area contributed by atoms with Crippen molar-refractivity contribution in [2.45, 2.75) is 33.7 Å². The molecular weight excluding hydrogens is 404 g/mol. The number of benzene rings is 2. The fourth-order valence-corrected chi connectivity index (χ4v) is 4.37. The second-order valence-electron chi connectivity index (χ2n) is 8.05. The van der Waals surface area contributed by atoms with Crippen LogP contribution in [-0.2, 0) is 9.53 Å². The van der Waals surface area contributed by atoms with Crippen LogP contribution in [0.25, 0.3) is 16.9 Å². The molecule has 0 spiro atoms. The van der Waals surface area contributed by atoms with Gasteiger partial charge in [-0.15, -0.1) is 0 Å². The van der Waals surface area contributed by atoms with Crippen LogP contribution in [0.4, 0.5) is 4.79 Å². The van der Waals surface area contributed by atoms with E-state index in [9.17, 15) is 9.59 Å². The van der Waals surface area contributed by atoms with E-state index in [1.807, 2.05) is 50.4 Å². The second kappa shape index (κ2) is 8.34. The van der Waals surface area contributed by atoms with Gasteiger partial charge < -0.3 is 15.4 Å². The van der Waals surface area contributed by atoms with Gasteiger partial charge in [0.15, 0.2) is 0 Å². The van der Waals surface area contributed by atoms with Crippen LogP contribution in [0.1, 0.15) is 35.2 Å². The van der Waals surface area contributed by atoms with Gasteiger partial charge in [-0.1, -0.05) is 35.9 Å². The average molecular weight is 431 g/mol. The highest BCUT2D eigenvalue weighted by Crippen LogP contribution is 2.37. The predicted molar refractivity (Wildman–Crippen MR) is 122 cm³/mol. The number of hydrogen-bond donors (Lipinski definition) is 2. The van der Waals surface area contributed by atoms with Crippen LogP contribution < -0.4 is 10.6 Å². The molecule has 7 heteroatoms. The van der Waals surface area contributed by atoms with Gasteiger partial charge >= 0.3 is 12.0 Å². The summed E-state index contributed by atoms with van der Waals surface area (Å²) in [6.45, 7) is 7.84. The van der Waals surface area contributed by atoms with E-state index < -0.39 is 12.0 Å². The first-order valence-electron chi connectivity index (χ1n) is 10.4. The van der Waals surface area contributed by atoms with Crippen LogP contribution in [0.5, 0.6) is 0 Å². The number of nitrogens with one attached hydrogen (secondary N) is 2. The summed E-state index contributed by atoms with van der Waals surface area (Å²) in [5.74, 6) is -0.504. The third kappa shape index (κ3) is 3.77. The molecule has 0 unspecified atom stereocenters. The van der Waals surface area contributed by atoms with Crippen molar-refractivity contribution in [1.29, 1.82) is 0 Å². The van der Waals surface area contributed by atoms with Crippen LogP contribution in [0.2, 0.25) is 0 Å². The van der Waals surface area contributed by atoms with Gasteiger partial charge in [-0.2, -0.15) is 5.10 Å². The van der Waals surface area contributed by atoms with Crippen molar-refractivity contribution in [3.63, 3.8) is 0 Å². The molecule has 0 saturated carbocycles. The lowest BCUT2D eigenvalue weighted by atomic mass is 9.90. The third-order valence-electron chi connectivity index (χ3n) is 5.66. The van der Waals surface area contributed by atoms with Gasteiger partial charge in [0.05, 0.1) is 30.1 Å². The van der Waals surface area contributed by atoms with Crippen LogP contribution in [0, 0.1) is 20.8 Å². The average Bonchev–Trinajstić information content (AvgIpc) is 3.17. The summed E-state index contributed by atoms with van der Waals surface area (Å²) in [6.07, 6.45) is 1.87. The molecule has 3 aromatic rings. The molecule has 7 nitrogen and oxygen atoms in total. The molecule has 0 saturated heterocycles. The van der Waals surface area contributed by atoms with Crippen molar-refractivity contribution in [3.05, 3.63) is 82.2 Å². The summed E-state index contributed by atoms with van der Waals surface area (Å²) in [5, 5.41) is 10.5. The number of hydrogen-bond acceptors (Lipinski definition) is 4. The van der Waals surface area contributed by atoms with Crippen LogP contribution >= 0.6 is 0 Å². The van der Waals surface area contributed by atoms with E-state index in [1.165, 1.54) is 7.11 Å². The fraction of sp³-hybridized carbons (Fsp3) is 0.240. The fourth-order valence-electron chi connectivity index (χ4n) is 4.37. The lowest BCUT2D eigenvalue weighted by Crippen LogP contribution is -2.45. The molecule has 164 valence electrons. The minimum atomic E-state index is -0.705. The molecule has 0 radical (unpaired) electrons. The maximum atomic E-state index is 12.7. The largest absolute Gasteiger partial charge is 0.466 e. The van der Waals surface area contributed by atoms with E-state index >= 15 is 0 Å². The summed E-state index contributed by atoms with van der Waals surface area (Å²) in [4.78, 5) is 25.1. The van der Waals surface area contributed by atoms with Gasteiger partial charge in [-0.3, -0.25) is 0 Å². The molecule has 0 bridgehead atoms. The Morgan fingerprint density at radius 2 is 1.72 bits per heavy atom. The highest BCUT2D eigenvalue weighted by molar-refractivity contribution is 5.95. The van der Waals surface area contributed by atoms with E-state index in [2.05, 4.69) is 29.7 Å². The normalized spacial score (nSPS) is 15.9. The molecule has 2 aromatic carbocycles. The Hall–Kier alpha value is -3.87. The Balaban J connectivity index is 1.99. The maximum absolute atomic E-state index is 12.7. The van der Waals surface area contributed by atoms with Crippen LogP contribution in [-0.4, -0.2) is 28.9 Å². The van der Waals surface area contributed by atoms with E-state index in [1.54, 1.807) is 11.6 Å². The number of urea groups is 1. The Bertz CT molecular complexity index is 1220. The van der Waals surface area contributed by atoms with Gasteiger partial charge in [-0.05, 0) is 51.0 Å². The molecule has 1 atom stereocenters. The van der Waals surface area contributed by atoms with Crippen LogP contribution in [0.15, 0.2) is 59.9 Å². The number of esters is 1. The number of aromatic nitrogens is 2. The number of amides is 2. The number of allylic oxidation sites excluding steroid dienone is 1. The van der Waals surface area contributed by atoms with Crippen molar-refractivity contribution >= 4 is 12.0 Å². The first-order valence-corrected chi connectivity index (χ1v) is 10.4. The molecular formula is C25H26N4O3. The van der Waals surface area contributed by atoms with Crippen molar-refractivity contribution in [3.8, 4) is 16.9 Å². The Labute approximate surface area is 187 Å². The van der Waals surface area contributed by atoms with Gasteiger partial charge in [0, 0.05) is 23.0 Å². The number of carbonyl (C=O) groups excluding carboxylic acids is 2. The number of para-hydroxylation sites is 1. The van der Waals surface area contributed by atoms with Gasteiger partial charge in [0.1, 0.15) is 0 Å². The zero-order valence-electron chi connectivity index (χ0n) is 18.8. The van der Waals surface area contributed by atoms with E-state index in [-0.39, 0.29) is 6.03 Å². The zero-order valence-corrected chi connectivity index (χ0v) is 18.8. The number of rotatable bonds is 4. The summed E-state index contributed by atoms with van der Waals surface area (Å²) in [7, 11) is 1.33. The Kier molecular flexibility index (Phi) is 5.57. The SMILES string of the molecule is COC(=O)C1=C(C)NC(=O)N[C@@H]1c1cn(-c2ccccc2)nc1-c1c(C)cc(C)cc1C. The molecule has 2 heterocycles. The molecule has 0 fully saturated rings. The van der Waals surface area contributed by atoms with Crippen molar-refractivity contribution in [2.75, 3.05) is 7.11 Å². The molecule has 1 aliphatic heterocycles. The van der Waals surface area contributed by atoms with Crippen molar-refractivity contribution < 1.29 is 14.3 Å². The highest BCUT2D eigenvalue weighted by atomic mass is 16.5. The summed E-state index contributed by atoms with van der Waals surface area (Å²) in [5.41, 5.74) is 7.41. The first kappa shape index (κ1) is 21.4. The monoisotopic (exact) mass is 430 g/mol. The van der Waals surface area contributed by atoms with Gasteiger partial charge in [-0.25, -0.2) is 14.3 Å². The van der Waals surface area contributed by atoms with Crippen molar-refractivity contribution in [2.24, 2.45) is 0 Å². The Morgan fingerprint density at radius 3 is 2.34 bits per heavy atom. The molecule has 2 amide bonds. The number of nitrogens with zero attached hydrogens (tertiary/aromatic N) is 2. The standard InChI is InChI=1S/C25H26N4O3/c1-14-11-15(2)20(16(3)12-14)23-19(13-29(28-23)18-9-7-6-8-10-18)22-21(24(30)32-5)17(4)26-25(31)27-22/h6-13,22H,1-5H3,(H2,26,27,31)/t22-/m1/s1. The number of aryl methyl sites for hydroxylation is 3. The molecule has 0 aliphatic carbocycles. The van der Waals surface area contributed by atoms with Crippen LogP contribution in [0.3, 0.4) is 0 Å². The minimum Gasteiger partial charge on any atom is -0.466 e. The van der Waals surface area contributed by atoms with Gasteiger partial charge in [0.2, 0.25) is 0 Å². The van der Waals surface area contributed by atoms with E-state index in [0.717, 1.165) is 33.5 Å². The van der Waals surface area contributed by atoms with Crippen molar-refractivity contribution in [1.82, 2.24) is 20.4 Å². The summed E-state index contributed by atoms with van der Waals surface area (Å²) < 4.78 is 6.81. The molecule has 4 rings (SSSR count). The Morgan fingerprint density at radius 1 is 1.06 bits per heavy atom. The smallest absolute Gasteiger partial charge is 0.337 e. The number of ether oxygens (including phenoxy) is 1. The third-order valence-corrected chi connectivity index (χ3v) is 5.66. The first-order chi connectivity index (χ1) is 15.3. The number of carbonyl (C=O) groups is 2. The minimum absolute atomic E-state index is 0.350. The second-order valence-corrected chi connectivity index (χ2v) is 8.05. The summed E-state index contributed by atoms with van der Waals surface area (Å²) in [6, 6.07) is 12.9. The lowest BCUT2D eigenvalue weighted by Gasteiger charge is -2.27. The zero-order chi connectivity index (χ0) is 23.0. The predicted octanol–water partition coefficient (Wildman–Crippen LogP) is 4.27. The summed E-state index contributed by atoms with van der Waals surface area (Å²) >= 11 is 0. The van der Waals surface area contributed by atoms with E-state index in [0.29, 0.717) is 17.0 Å². The van der Waals surface area contributed by atoms with E-state index in [4.69, 9.17) is 9.84 Å². The molecule has 32 heavy (non-hydrogen) atoms. The molecule has 2 N–H and O–H groups in total. The maximum Gasteiger partial charge on any atom is 0.337 e. The lowest BCUT2D eigenvalue weighted by molar-refractivity contribution is -0.136.